The van der Waals surface area contributed by atoms with Gasteiger partial charge in [-0.15, -0.1) is 0 Å². The maximum absolute atomic E-state index is 13.1. The summed E-state index contributed by atoms with van der Waals surface area (Å²) in [7, 11) is 0. The second-order valence-corrected chi connectivity index (χ2v) is 22.0. The molecule has 0 bridgehead atoms. The highest BCUT2D eigenvalue weighted by atomic mass is 16.2. The summed E-state index contributed by atoms with van der Waals surface area (Å²) in [4.78, 5) is 55.9. The zero-order valence-corrected chi connectivity index (χ0v) is 49.7. The number of unbranched alkanes of at least 4 members (excludes halogenated alkanes) is 33. The SMILES string of the molecule is CCCCCCCCCCCCNC(=O)CN(CCCCNCCCN(CC(=O)NCCCCCCCCCC)CC(=O)NCCCCCCCCCCCC)CCCNCC(=O)NCCCCCCCCCC. The quantitative estimate of drug-likeness (QED) is 0.0330. The van der Waals surface area contributed by atoms with Crippen LogP contribution in [-0.4, -0.2) is 125 Å². The van der Waals surface area contributed by atoms with Gasteiger partial charge in [0.1, 0.15) is 0 Å². The number of rotatable bonds is 61. The van der Waals surface area contributed by atoms with Crippen molar-refractivity contribution in [3.63, 3.8) is 0 Å². The van der Waals surface area contributed by atoms with E-state index >= 15 is 0 Å². The summed E-state index contributed by atoms with van der Waals surface area (Å²) in [5.41, 5.74) is 0. The summed E-state index contributed by atoms with van der Waals surface area (Å²) in [5, 5.41) is 19.4. The molecule has 12 heteroatoms. The molecule has 74 heavy (non-hydrogen) atoms. The second kappa shape index (κ2) is 60.0. The maximum atomic E-state index is 13.1. The Labute approximate surface area is 458 Å². The van der Waals surface area contributed by atoms with Crippen LogP contribution in [0.3, 0.4) is 0 Å². The Morgan fingerprint density at radius 2 is 0.486 bits per heavy atom. The molecule has 4 amide bonds. The third kappa shape index (κ3) is 55.9. The monoisotopic (exact) mass is 1050 g/mol. The lowest BCUT2D eigenvalue weighted by Crippen LogP contribution is -2.44. The molecule has 0 aliphatic carbocycles. The summed E-state index contributed by atoms with van der Waals surface area (Å²) in [6.07, 6.45) is 49.2. The van der Waals surface area contributed by atoms with Crippen LogP contribution in [-0.2, 0) is 19.2 Å². The van der Waals surface area contributed by atoms with E-state index in [0.29, 0.717) is 32.7 Å². The highest BCUT2D eigenvalue weighted by molar-refractivity contribution is 5.81. The number of amides is 4. The Morgan fingerprint density at radius 3 is 0.838 bits per heavy atom. The van der Waals surface area contributed by atoms with E-state index in [1.807, 2.05) is 4.90 Å². The van der Waals surface area contributed by atoms with Crippen molar-refractivity contribution in [3.05, 3.63) is 0 Å². The van der Waals surface area contributed by atoms with Gasteiger partial charge in [-0.25, -0.2) is 0 Å². The van der Waals surface area contributed by atoms with E-state index in [0.717, 1.165) is 110 Å². The highest BCUT2D eigenvalue weighted by Crippen LogP contribution is 2.13. The second-order valence-electron chi connectivity index (χ2n) is 22.0. The molecule has 0 saturated heterocycles. The van der Waals surface area contributed by atoms with Gasteiger partial charge in [-0.05, 0) is 84.1 Å². The van der Waals surface area contributed by atoms with Gasteiger partial charge < -0.3 is 31.9 Å². The number of carbonyl (C=O) groups excluding carboxylic acids is 4. The van der Waals surface area contributed by atoms with E-state index in [-0.39, 0.29) is 36.7 Å². The molecule has 0 aromatic carbocycles. The molecule has 0 aromatic rings. The predicted molar refractivity (Wildman–Crippen MR) is 318 cm³/mol. The van der Waals surface area contributed by atoms with Crippen LogP contribution in [0.4, 0.5) is 0 Å². The van der Waals surface area contributed by atoms with Crippen LogP contribution in [0.5, 0.6) is 0 Å². The Hall–Kier alpha value is -2.28. The minimum absolute atomic E-state index is 0.00561. The normalized spacial score (nSPS) is 11.5. The molecule has 0 aliphatic heterocycles. The first-order valence-electron chi connectivity index (χ1n) is 32.3. The minimum Gasteiger partial charge on any atom is -0.355 e. The van der Waals surface area contributed by atoms with Gasteiger partial charge in [0.15, 0.2) is 0 Å². The van der Waals surface area contributed by atoms with Crippen molar-refractivity contribution in [1.82, 2.24) is 41.7 Å². The van der Waals surface area contributed by atoms with E-state index in [4.69, 9.17) is 0 Å². The Bertz CT molecular complexity index is 1210. The zero-order chi connectivity index (χ0) is 53.9. The van der Waals surface area contributed by atoms with Crippen LogP contribution in [0, 0.1) is 0 Å². The summed E-state index contributed by atoms with van der Waals surface area (Å²) in [6, 6.07) is 0. The van der Waals surface area contributed by atoms with E-state index in [2.05, 4.69) is 64.5 Å². The number of hydrogen-bond acceptors (Lipinski definition) is 8. The molecule has 0 heterocycles. The molecule has 0 atom stereocenters. The Morgan fingerprint density at radius 1 is 0.243 bits per heavy atom. The van der Waals surface area contributed by atoms with Gasteiger partial charge in [0, 0.05) is 32.7 Å². The first-order chi connectivity index (χ1) is 36.4. The fraction of sp³-hybridized carbons (Fsp3) is 0.935. The molecule has 0 unspecified atom stereocenters. The smallest absolute Gasteiger partial charge is 0.234 e. The molecule has 0 radical (unpaired) electrons. The molecule has 0 aromatic heterocycles. The summed E-state index contributed by atoms with van der Waals surface area (Å²) in [6.45, 7) is 17.9. The van der Waals surface area contributed by atoms with Crippen LogP contribution in [0.15, 0.2) is 0 Å². The summed E-state index contributed by atoms with van der Waals surface area (Å²) in [5.74, 6) is 0.177. The van der Waals surface area contributed by atoms with Gasteiger partial charge in [0.25, 0.3) is 0 Å². The summed E-state index contributed by atoms with van der Waals surface area (Å²) >= 11 is 0. The van der Waals surface area contributed by atoms with Crippen molar-refractivity contribution >= 4 is 23.6 Å². The van der Waals surface area contributed by atoms with Crippen LogP contribution in [0.25, 0.3) is 0 Å². The van der Waals surface area contributed by atoms with Crippen molar-refractivity contribution in [3.8, 4) is 0 Å². The lowest BCUT2D eigenvalue weighted by molar-refractivity contribution is -0.125. The minimum atomic E-state index is 0.00561. The first kappa shape index (κ1) is 71.7. The Balaban J connectivity index is 4.84. The van der Waals surface area contributed by atoms with Crippen molar-refractivity contribution in [1.29, 1.82) is 0 Å². The number of carbonyl (C=O) groups is 4. The number of nitrogens with one attached hydrogen (secondary N) is 6. The predicted octanol–water partition coefficient (Wildman–Crippen LogP) is 12.9. The zero-order valence-electron chi connectivity index (χ0n) is 49.7. The standard InChI is InChI=1S/C62H126N8O4/c1-5-9-13-17-21-25-27-31-35-38-49-66-60(72)56-69(53-44-47-64-55-59(71)65-48-37-33-29-23-19-15-11-7-3)52-42-41-45-63-46-43-54-70(57-61(73)67-50-39-34-30-24-20-16-12-8-4)58-62(74)68-51-40-36-32-28-26-22-18-14-10-6-2/h63-64H,5-58H2,1-4H3,(H,65,71)(H,66,72)(H,67,73)(H,68,74). The molecule has 0 fully saturated rings. The van der Waals surface area contributed by atoms with Crippen LogP contribution in [0.2, 0.25) is 0 Å². The fourth-order valence-corrected chi connectivity index (χ4v) is 9.74. The topological polar surface area (TPSA) is 147 Å². The third-order valence-electron chi connectivity index (χ3n) is 14.5. The van der Waals surface area contributed by atoms with Gasteiger partial charge in [0.05, 0.1) is 26.2 Å². The fourth-order valence-electron chi connectivity index (χ4n) is 9.74. The van der Waals surface area contributed by atoms with Crippen molar-refractivity contribution < 1.29 is 19.2 Å². The van der Waals surface area contributed by atoms with E-state index < -0.39 is 0 Å². The van der Waals surface area contributed by atoms with Crippen LogP contribution < -0.4 is 31.9 Å². The molecule has 0 saturated carbocycles. The molecule has 12 nitrogen and oxygen atoms in total. The van der Waals surface area contributed by atoms with Crippen molar-refractivity contribution in [2.24, 2.45) is 0 Å². The average Bonchev–Trinajstić information content (AvgIpc) is 3.39. The molecular weight excluding hydrogens is 921 g/mol. The van der Waals surface area contributed by atoms with Gasteiger partial charge in [0.2, 0.25) is 23.6 Å². The lowest BCUT2D eigenvalue weighted by atomic mass is 10.1. The molecule has 438 valence electrons. The Kier molecular flexibility index (Phi) is 58.1. The maximum Gasteiger partial charge on any atom is 0.234 e. The molecule has 6 N–H and O–H groups in total. The van der Waals surface area contributed by atoms with Gasteiger partial charge in [-0.2, -0.15) is 0 Å². The van der Waals surface area contributed by atoms with E-state index in [1.54, 1.807) is 0 Å². The van der Waals surface area contributed by atoms with Gasteiger partial charge in [-0.3, -0.25) is 29.0 Å². The third-order valence-corrected chi connectivity index (χ3v) is 14.5. The van der Waals surface area contributed by atoms with Crippen LogP contribution >= 0.6 is 0 Å². The van der Waals surface area contributed by atoms with Crippen molar-refractivity contribution in [2.45, 2.75) is 285 Å². The molecule has 0 aliphatic rings. The van der Waals surface area contributed by atoms with Crippen LogP contribution in [0.1, 0.15) is 285 Å². The lowest BCUT2D eigenvalue weighted by Gasteiger charge is -2.22. The number of hydrogen-bond donors (Lipinski definition) is 6. The largest absolute Gasteiger partial charge is 0.355 e. The average molecular weight is 1050 g/mol. The van der Waals surface area contributed by atoms with Gasteiger partial charge >= 0.3 is 0 Å². The molecular formula is C62H126N8O4. The van der Waals surface area contributed by atoms with E-state index in [1.165, 1.54) is 193 Å². The highest BCUT2D eigenvalue weighted by Gasteiger charge is 2.15. The molecule has 0 rings (SSSR count). The number of nitrogens with zero attached hydrogens (tertiary/aromatic N) is 2. The van der Waals surface area contributed by atoms with E-state index in [9.17, 15) is 19.2 Å². The van der Waals surface area contributed by atoms with Gasteiger partial charge in [-0.1, -0.05) is 233 Å². The first-order valence-corrected chi connectivity index (χ1v) is 32.3. The van der Waals surface area contributed by atoms with Crippen molar-refractivity contribution in [2.75, 3.05) is 91.6 Å². The molecule has 0 spiro atoms. The summed E-state index contributed by atoms with van der Waals surface area (Å²) < 4.78 is 0.